The van der Waals surface area contributed by atoms with Crippen molar-refractivity contribution >= 4 is 44.9 Å². The van der Waals surface area contributed by atoms with E-state index >= 15 is 0 Å². The van der Waals surface area contributed by atoms with Crippen LogP contribution >= 0.6 is 28.1 Å². The van der Waals surface area contributed by atoms with Crippen LogP contribution in [-0.2, 0) is 0 Å². The Kier molecular flexibility index (Phi) is 6.04. The number of anilines is 1. The smallest absolute Gasteiger partial charge is 0.316 e. The normalized spacial score (nSPS) is 9.84. The van der Waals surface area contributed by atoms with E-state index in [0.29, 0.717) is 18.1 Å². The van der Waals surface area contributed by atoms with Crippen LogP contribution in [0.15, 0.2) is 22.7 Å². The molecule has 0 bridgehead atoms. The van der Waals surface area contributed by atoms with Crippen molar-refractivity contribution < 1.29 is 4.79 Å². The van der Waals surface area contributed by atoms with Crippen molar-refractivity contribution in [3.63, 3.8) is 0 Å². The van der Waals surface area contributed by atoms with Gasteiger partial charge in [-0.05, 0) is 34.1 Å². The summed E-state index contributed by atoms with van der Waals surface area (Å²) < 4.78 is 0.849. The second-order valence-electron chi connectivity index (χ2n) is 4.11. The highest BCUT2D eigenvalue weighted by Crippen LogP contribution is 2.21. The summed E-state index contributed by atoms with van der Waals surface area (Å²) in [6, 6.07) is 5.55. The van der Waals surface area contributed by atoms with Crippen molar-refractivity contribution in [3.05, 3.63) is 28.2 Å². The Bertz CT molecular complexity index is 479. The SMILES string of the molecule is CN(C)C(=O)NCCNc1ccc(C(N)=S)c(Br)c1. The molecule has 0 heterocycles. The molecular weight excluding hydrogens is 328 g/mol. The maximum atomic E-state index is 11.3. The molecule has 0 fully saturated rings. The maximum Gasteiger partial charge on any atom is 0.316 e. The topological polar surface area (TPSA) is 70.4 Å². The first-order valence-corrected chi connectivity index (χ1v) is 6.90. The molecule has 0 saturated carbocycles. The predicted molar refractivity (Wildman–Crippen MR) is 85.6 cm³/mol. The minimum atomic E-state index is -0.105. The number of carbonyl (C=O) groups excluding carboxylic acids is 1. The van der Waals surface area contributed by atoms with Gasteiger partial charge in [-0.15, -0.1) is 0 Å². The highest BCUT2D eigenvalue weighted by molar-refractivity contribution is 9.10. The first kappa shape index (κ1) is 15.7. The largest absolute Gasteiger partial charge is 0.389 e. The molecule has 19 heavy (non-hydrogen) atoms. The number of benzene rings is 1. The molecule has 0 aromatic heterocycles. The van der Waals surface area contributed by atoms with Gasteiger partial charge >= 0.3 is 6.03 Å². The van der Waals surface area contributed by atoms with Crippen molar-refractivity contribution in [2.75, 3.05) is 32.5 Å². The predicted octanol–water partition coefficient (Wildman–Crippen LogP) is 1.77. The number of thiocarbonyl (C=S) groups is 1. The summed E-state index contributed by atoms with van der Waals surface area (Å²) in [5.41, 5.74) is 7.32. The number of urea groups is 1. The van der Waals surface area contributed by atoms with Crippen LogP contribution in [0.3, 0.4) is 0 Å². The molecule has 0 spiro atoms. The monoisotopic (exact) mass is 344 g/mol. The number of amides is 2. The lowest BCUT2D eigenvalue weighted by Gasteiger charge is -2.13. The molecule has 0 aliphatic carbocycles. The lowest BCUT2D eigenvalue weighted by molar-refractivity contribution is 0.218. The molecule has 1 aromatic carbocycles. The van der Waals surface area contributed by atoms with Gasteiger partial charge in [0.1, 0.15) is 4.99 Å². The molecule has 104 valence electrons. The first-order valence-electron chi connectivity index (χ1n) is 5.70. The average Bonchev–Trinajstić information content (AvgIpc) is 2.33. The van der Waals surface area contributed by atoms with E-state index in [1.54, 1.807) is 14.1 Å². The minimum absolute atomic E-state index is 0.105. The van der Waals surface area contributed by atoms with E-state index in [4.69, 9.17) is 18.0 Å². The molecular formula is C12H17BrN4OS. The Labute approximate surface area is 126 Å². The first-order chi connectivity index (χ1) is 8.91. The zero-order valence-corrected chi connectivity index (χ0v) is 13.3. The maximum absolute atomic E-state index is 11.3. The molecule has 5 nitrogen and oxygen atoms in total. The number of nitrogens with zero attached hydrogens (tertiary/aromatic N) is 1. The quantitative estimate of drug-likeness (QED) is 0.562. The molecule has 2 amide bonds. The van der Waals surface area contributed by atoms with E-state index in [-0.39, 0.29) is 6.03 Å². The summed E-state index contributed by atoms with van der Waals surface area (Å²) in [7, 11) is 3.41. The Morgan fingerprint density at radius 3 is 2.63 bits per heavy atom. The summed E-state index contributed by atoms with van der Waals surface area (Å²) in [6.07, 6.45) is 0. The standard InChI is InChI=1S/C12H17BrN4OS/c1-17(2)12(18)16-6-5-15-8-3-4-9(11(14)19)10(13)7-8/h3-4,7,15H,5-6H2,1-2H3,(H2,14,19)(H,16,18). The van der Waals surface area contributed by atoms with Gasteiger partial charge in [-0.2, -0.15) is 0 Å². The van der Waals surface area contributed by atoms with Crippen molar-refractivity contribution in [3.8, 4) is 0 Å². The molecule has 1 rings (SSSR count). The summed E-state index contributed by atoms with van der Waals surface area (Å²) in [4.78, 5) is 13.1. The van der Waals surface area contributed by atoms with Crippen LogP contribution in [0.4, 0.5) is 10.5 Å². The van der Waals surface area contributed by atoms with Gasteiger partial charge in [0.05, 0.1) is 0 Å². The fourth-order valence-corrected chi connectivity index (χ4v) is 2.26. The van der Waals surface area contributed by atoms with Gasteiger partial charge in [0.15, 0.2) is 0 Å². The van der Waals surface area contributed by atoms with Crippen molar-refractivity contribution in [2.45, 2.75) is 0 Å². The van der Waals surface area contributed by atoms with E-state index < -0.39 is 0 Å². The molecule has 0 saturated heterocycles. The second-order valence-corrected chi connectivity index (χ2v) is 5.41. The molecule has 4 N–H and O–H groups in total. The number of rotatable bonds is 5. The van der Waals surface area contributed by atoms with Gasteiger partial charge in [-0.1, -0.05) is 12.2 Å². The minimum Gasteiger partial charge on any atom is -0.389 e. The number of hydrogen-bond acceptors (Lipinski definition) is 3. The van der Waals surface area contributed by atoms with Crippen molar-refractivity contribution in [1.82, 2.24) is 10.2 Å². The third kappa shape index (κ3) is 5.04. The Balaban J connectivity index is 2.44. The van der Waals surface area contributed by atoms with E-state index in [9.17, 15) is 4.79 Å². The Morgan fingerprint density at radius 2 is 2.11 bits per heavy atom. The molecule has 1 aromatic rings. The van der Waals surface area contributed by atoms with Crippen LogP contribution in [0.1, 0.15) is 5.56 Å². The van der Waals surface area contributed by atoms with E-state index in [1.807, 2.05) is 18.2 Å². The van der Waals surface area contributed by atoms with E-state index in [1.165, 1.54) is 4.90 Å². The highest BCUT2D eigenvalue weighted by Gasteiger charge is 2.04. The fourth-order valence-electron chi connectivity index (χ4n) is 1.36. The van der Waals surface area contributed by atoms with E-state index in [0.717, 1.165) is 15.7 Å². The van der Waals surface area contributed by atoms with Gasteiger partial charge in [-0.25, -0.2) is 4.79 Å². The van der Waals surface area contributed by atoms with E-state index in [2.05, 4.69) is 26.6 Å². The van der Waals surface area contributed by atoms with Crippen molar-refractivity contribution in [1.29, 1.82) is 0 Å². The summed E-state index contributed by atoms with van der Waals surface area (Å²) in [5, 5.41) is 5.97. The zero-order chi connectivity index (χ0) is 14.4. The average molecular weight is 345 g/mol. The highest BCUT2D eigenvalue weighted by atomic mass is 79.9. The molecule has 7 heteroatoms. The fraction of sp³-hybridized carbons (Fsp3) is 0.333. The molecule has 0 unspecified atom stereocenters. The Hall–Kier alpha value is -1.34. The third-order valence-electron chi connectivity index (χ3n) is 2.37. The van der Waals surface area contributed by atoms with Crippen LogP contribution in [-0.4, -0.2) is 43.1 Å². The second kappa shape index (κ2) is 7.30. The van der Waals surface area contributed by atoms with Gasteiger partial charge in [0.2, 0.25) is 0 Å². The number of hydrogen-bond donors (Lipinski definition) is 3. The summed E-state index contributed by atoms with van der Waals surface area (Å²) in [6.45, 7) is 1.18. The van der Waals surface area contributed by atoms with Crippen LogP contribution in [0, 0.1) is 0 Å². The van der Waals surface area contributed by atoms with Gasteiger partial charge in [-0.3, -0.25) is 0 Å². The summed E-state index contributed by atoms with van der Waals surface area (Å²) in [5.74, 6) is 0. The molecule has 0 atom stereocenters. The van der Waals surface area contributed by atoms with Crippen molar-refractivity contribution in [2.24, 2.45) is 5.73 Å². The third-order valence-corrected chi connectivity index (χ3v) is 3.25. The molecule has 0 radical (unpaired) electrons. The summed E-state index contributed by atoms with van der Waals surface area (Å²) >= 11 is 8.34. The van der Waals surface area contributed by atoms with Gasteiger partial charge in [0.25, 0.3) is 0 Å². The van der Waals surface area contributed by atoms with Crippen LogP contribution in [0.25, 0.3) is 0 Å². The lowest BCUT2D eigenvalue weighted by Crippen LogP contribution is -2.37. The molecule has 0 aliphatic rings. The number of halogens is 1. The number of nitrogens with two attached hydrogens (primary N) is 1. The van der Waals surface area contributed by atoms with Crippen LogP contribution < -0.4 is 16.4 Å². The Morgan fingerprint density at radius 1 is 1.42 bits per heavy atom. The van der Waals surface area contributed by atoms with Gasteiger partial charge in [0, 0.05) is 42.9 Å². The van der Waals surface area contributed by atoms with Gasteiger partial charge < -0.3 is 21.3 Å². The van der Waals surface area contributed by atoms with Crippen LogP contribution in [0.2, 0.25) is 0 Å². The van der Waals surface area contributed by atoms with Crippen LogP contribution in [0.5, 0.6) is 0 Å². The molecule has 0 aliphatic heterocycles. The number of nitrogens with one attached hydrogen (secondary N) is 2. The zero-order valence-electron chi connectivity index (χ0n) is 10.9. The number of carbonyl (C=O) groups is 1. The lowest BCUT2D eigenvalue weighted by atomic mass is 10.2.